The Morgan fingerprint density at radius 1 is 0.892 bits per heavy atom. The molecular weight excluding hydrogens is 469 g/mol. The average Bonchev–Trinajstić information content (AvgIpc) is 2.89. The van der Waals surface area contributed by atoms with Crippen LogP contribution in [0.1, 0.15) is 125 Å². The van der Waals surface area contributed by atoms with Gasteiger partial charge in [-0.05, 0) is 118 Å². The summed E-state index contributed by atoms with van der Waals surface area (Å²) < 4.78 is 50.2. The van der Waals surface area contributed by atoms with Gasteiger partial charge in [-0.1, -0.05) is 62.2 Å². The molecule has 0 aromatic heterocycles. The highest BCUT2D eigenvalue weighted by atomic mass is 19.3. The molecule has 4 rings (SSSR count). The third-order valence-corrected chi connectivity index (χ3v) is 8.76. The van der Waals surface area contributed by atoms with Crippen LogP contribution in [0.15, 0.2) is 54.6 Å². The van der Waals surface area contributed by atoms with Crippen LogP contribution in [0.2, 0.25) is 0 Å². The van der Waals surface area contributed by atoms with Crippen LogP contribution in [-0.2, 0) is 10.8 Å². The van der Waals surface area contributed by atoms with E-state index < -0.39 is 23.6 Å². The first-order chi connectivity index (χ1) is 17.8. The number of hydrogen-bond acceptors (Lipinski definition) is 1. The van der Waals surface area contributed by atoms with Crippen molar-refractivity contribution >= 4 is 0 Å². The molecule has 2 aromatic rings. The van der Waals surface area contributed by atoms with Gasteiger partial charge in [-0.25, -0.2) is 4.39 Å². The van der Waals surface area contributed by atoms with Crippen LogP contribution < -0.4 is 0 Å². The molecule has 2 fully saturated rings. The van der Waals surface area contributed by atoms with Gasteiger partial charge in [0.1, 0.15) is 5.82 Å². The van der Waals surface area contributed by atoms with Crippen molar-refractivity contribution in [1.82, 2.24) is 0 Å². The zero-order valence-corrected chi connectivity index (χ0v) is 22.7. The highest BCUT2D eigenvalue weighted by Crippen LogP contribution is 2.41. The zero-order chi connectivity index (χ0) is 26.4. The van der Waals surface area contributed by atoms with Crippen molar-refractivity contribution in [2.75, 3.05) is 0 Å². The molecule has 0 saturated heterocycles. The van der Waals surface area contributed by atoms with Gasteiger partial charge in [0.25, 0.3) is 0 Å². The van der Waals surface area contributed by atoms with Gasteiger partial charge in [0.2, 0.25) is 0 Å². The Morgan fingerprint density at radius 3 is 2.08 bits per heavy atom. The van der Waals surface area contributed by atoms with Gasteiger partial charge in [-0.3, -0.25) is 0 Å². The Labute approximate surface area is 221 Å². The van der Waals surface area contributed by atoms with E-state index in [9.17, 15) is 4.39 Å². The van der Waals surface area contributed by atoms with E-state index >= 15 is 8.78 Å². The predicted octanol–water partition coefficient (Wildman–Crippen LogP) is 10.6. The van der Waals surface area contributed by atoms with Crippen LogP contribution in [0, 0.1) is 17.7 Å². The van der Waals surface area contributed by atoms with Crippen molar-refractivity contribution in [2.45, 2.75) is 109 Å². The SMILES string of the molecule is C/C=C/C1CCC(c2ccc(C(F)(F)OC(C)c3ccc(C4CCC(CCC)CC4)cc3)c(F)c2)CC1. The summed E-state index contributed by atoms with van der Waals surface area (Å²) >= 11 is 0. The molecule has 0 amide bonds. The summed E-state index contributed by atoms with van der Waals surface area (Å²) in [7, 11) is 0. The van der Waals surface area contributed by atoms with E-state index in [1.807, 2.05) is 19.1 Å². The van der Waals surface area contributed by atoms with Gasteiger partial charge in [0.05, 0.1) is 11.7 Å². The summed E-state index contributed by atoms with van der Waals surface area (Å²) in [6.07, 6.45) is 11.2. The van der Waals surface area contributed by atoms with E-state index in [4.69, 9.17) is 4.74 Å². The Morgan fingerprint density at radius 2 is 1.49 bits per heavy atom. The molecule has 0 N–H and O–H groups in total. The number of ether oxygens (including phenoxy) is 1. The fourth-order valence-corrected chi connectivity index (χ4v) is 6.52. The molecule has 2 aliphatic rings. The molecule has 0 heterocycles. The van der Waals surface area contributed by atoms with Crippen LogP contribution in [-0.4, -0.2) is 0 Å². The van der Waals surface area contributed by atoms with Crippen LogP contribution in [0.3, 0.4) is 0 Å². The number of hydrogen-bond donors (Lipinski definition) is 0. The second kappa shape index (κ2) is 12.7. The standard InChI is InChI=1S/C33H43F3O/c1-4-6-24-8-12-27(13-9-24)28-18-16-26(17-19-28)23(3)37-33(35,36)31-21-20-30(22-32(31)34)29-14-10-25(7-5-2)11-15-29/h5,7,16-25,27,29H,4,6,8-15H2,1-3H3/b7-5+. The average molecular weight is 513 g/mol. The fourth-order valence-electron chi connectivity index (χ4n) is 6.52. The summed E-state index contributed by atoms with van der Waals surface area (Å²) in [6.45, 7) is 5.88. The molecule has 1 atom stereocenters. The van der Waals surface area contributed by atoms with Gasteiger partial charge < -0.3 is 4.74 Å². The van der Waals surface area contributed by atoms with Gasteiger partial charge in [-0.15, -0.1) is 0 Å². The molecule has 2 aliphatic carbocycles. The Balaban J connectivity index is 1.36. The molecular formula is C33H43F3O. The van der Waals surface area contributed by atoms with Gasteiger partial charge in [-0.2, -0.15) is 8.78 Å². The second-order valence-corrected chi connectivity index (χ2v) is 11.3. The molecule has 2 aromatic carbocycles. The second-order valence-electron chi connectivity index (χ2n) is 11.3. The van der Waals surface area contributed by atoms with Crippen LogP contribution in [0.4, 0.5) is 13.2 Å². The van der Waals surface area contributed by atoms with Crippen molar-refractivity contribution < 1.29 is 17.9 Å². The largest absolute Gasteiger partial charge is 0.386 e. The first-order valence-electron chi connectivity index (χ1n) is 14.4. The van der Waals surface area contributed by atoms with Crippen LogP contribution in [0.5, 0.6) is 0 Å². The zero-order valence-electron chi connectivity index (χ0n) is 22.7. The lowest BCUT2D eigenvalue weighted by Crippen LogP contribution is -2.22. The predicted molar refractivity (Wildman–Crippen MR) is 145 cm³/mol. The van der Waals surface area contributed by atoms with Crippen LogP contribution >= 0.6 is 0 Å². The molecule has 0 radical (unpaired) electrons. The molecule has 0 aliphatic heterocycles. The third kappa shape index (κ3) is 7.07. The van der Waals surface area contributed by atoms with Crippen molar-refractivity contribution in [3.63, 3.8) is 0 Å². The van der Waals surface area contributed by atoms with Gasteiger partial charge in [0, 0.05) is 0 Å². The number of halogens is 3. The maximum absolute atomic E-state index is 15.1. The van der Waals surface area contributed by atoms with E-state index in [1.54, 1.807) is 13.0 Å². The maximum Gasteiger partial charge on any atom is 0.386 e. The van der Waals surface area contributed by atoms with Crippen molar-refractivity contribution in [3.8, 4) is 0 Å². The molecule has 1 nitrogen and oxygen atoms in total. The molecule has 2 saturated carbocycles. The monoisotopic (exact) mass is 512 g/mol. The summed E-state index contributed by atoms with van der Waals surface area (Å²) in [4.78, 5) is 0. The summed E-state index contributed by atoms with van der Waals surface area (Å²) in [5.41, 5.74) is 2.08. The number of alkyl halides is 2. The molecule has 0 spiro atoms. The number of rotatable bonds is 9. The summed E-state index contributed by atoms with van der Waals surface area (Å²) in [5, 5.41) is 0. The lowest BCUT2D eigenvalue weighted by molar-refractivity contribution is -0.273. The Hall–Kier alpha value is -2.07. The summed E-state index contributed by atoms with van der Waals surface area (Å²) in [5.74, 6) is 1.30. The quantitative estimate of drug-likeness (QED) is 0.304. The normalized spacial score (nSPS) is 25.9. The number of allylic oxidation sites excluding steroid dienone is 2. The van der Waals surface area contributed by atoms with Gasteiger partial charge >= 0.3 is 6.11 Å². The smallest absolute Gasteiger partial charge is 0.309 e. The van der Waals surface area contributed by atoms with E-state index in [0.717, 1.165) is 37.2 Å². The molecule has 1 unspecified atom stereocenters. The Bertz CT molecular complexity index is 1010. The van der Waals surface area contributed by atoms with E-state index in [2.05, 4.69) is 31.2 Å². The highest BCUT2D eigenvalue weighted by Gasteiger charge is 2.38. The van der Waals surface area contributed by atoms with E-state index in [1.165, 1.54) is 56.2 Å². The number of benzene rings is 2. The lowest BCUT2D eigenvalue weighted by atomic mass is 9.77. The minimum atomic E-state index is -3.71. The van der Waals surface area contributed by atoms with Crippen LogP contribution in [0.25, 0.3) is 0 Å². The molecule has 202 valence electrons. The van der Waals surface area contributed by atoms with Gasteiger partial charge in [0.15, 0.2) is 0 Å². The third-order valence-electron chi connectivity index (χ3n) is 8.76. The van der Waals surface area contributed by atoms with Crippen molar-refractivity contribution in [2.24, 2.45) is 11.8 Å². The first kappa shape index (κ1) is 28.0. The minimum absolute atomic E-state index is 0.221. The molecule has 4 heteroatoms. The fraction of sp³-hybridized carbons (Fsp3) is 0.576. The lowest BCUT2D eigenvalue weighted by Gasteiger charge is -2.29. The first-order valence-corrected chi connectivity index (χ1v) is 14.4. The highest BCUT2D eigenvalue weighted by molar-refractivity contribution is 5.30. The minimum Gasteiger partial charge on any atom is -0.309 e. The Kier molecular flexibility index (Phi) is 9.56. The molecule has 37 heavy (non-hydrogen) atoms. The van der Waals surface area contributed by atoms with E-state index in [-0.39, 0.29) is 5.92 Å². The van der Waals surface area contributed by atoms with Crippen molar-refractivity contribution in [1.29, 1.82) is 0 Å². The topological polar surface area (TPSA) is 9.23 Å². The summed E-state index contributed by atoms with van der Waals surface area (Å²) in [6, 6.07) is 12.0. The van der Waals surface area contributed by atoms with Crippen molar-refractivity contribution in [3.05, 3.63) is 82.7 Å². The van der Waals surface area contributed by atoms with E-state index in [0.29, 0.717) is 17.4 Å². The maximum atomic E-state index is 15.1. The molecule has 0 bridgehead atoms.